The van der Waals surface area contributed by atoms with Crippen LogP contribution < -0.4 is 24.8 Å². The Hall–Kier alpha value is -4.26. The highest BCUT2D eigenvalue weighted by molar-refractivity contribution is 6.00. The Morgan fingerprint density at radius 2 is 1.70 bits per heavy atom. The molecule has 1 heterocycles. The van der Waals surface area contributed by atoms with Gasteiger partial charge in [0.25, 0.3) is 5.91 Å². The zero-order chi connectivity index (χ0) is 23.2. The van der Waals surface area contributed by atoms with E-state index in [2.05, 4.69) is 10.6 Å². The highest BCUT2D eigenvalue weighted by Crippen LogP contribution is 2.32. The molecule has 3 aromatic carbocycles. The summed E-state index contributed by atoms with van der Waals surface area (Å²) in [4.78, 5) is 25.8. The molecule has 2 amide bonds. The van der Waals surface area contributed by atoms with E-state index in [0.29, 0.717) is 28.5 Å². The predicted molar refractivity (Wildman–Crippen MR) is 125 cm³/mol. The van der Waals surface area contributed by atoms with Crippen LogP contribution in [0.1, 0.15) is 22.7 Å². The number of hydrogen-bond acceptors (Lipinski definition) is 5. The quantitative estimate of drug-likeness (QED) is 0.533. The second-order valence-electron chi connectivity index (χ2n) is 7.52. The average molecular weight is 444 g/mol. The lowest BCUT2D eigenvalue weighted by atomic mass is 10.0. The van der Waals surface area contributed by atoms with Gasteiger partial charge in [0.2, 0.25) is 12.7 Å². The largest absolute Gasteiger partial charge is 0.497 e. The molecule has 1 aliphatic rings. The fourth-order valence-electron chi connectivity index (χ4n) is 3.33. The maximum atomic E-state index is 13.1. The standard InChI is InChI=1S/C26H24N2O5/c1-17-3-7-19(8-4-17)25(26(30)27-20-9-11-21(31-2)12-10-20)28-24(29)14-6-18-5-13-22-23(15-18)33-16-32-22/h3-15,25H,16H2,1-2H3,(H,27,30)(H,28,29)/b14-6+/t25-/m0/s1. The maximum Gasteiger partial charge on any atom is 0.251 e. The number of aryl methyl sites for hydroxylation is 1. The van der Waals surface area contributed by atoms with Crippen molar-refractivity contribution >= 4 is 23.6 Å². The molecule has 3 aromatic rings. The van der Waals surface area contributed by atoms with Crippen LogP contribution in [0.2, 0.25) is 0 Å². The normalized spacial score (nSPS) is 12.9. The second kappa shape index (κ2) is 9.91. The summed E-state index contributed by atoms with van der Waals surface area (Å²) in [5.74, 6) is 1.24. The van der Waals surface area contributed by atoms with E-state index in [1.54, 1.807) is 49.6 Å². The topological polar surface area (TPSA) is 85.9 Å². The smallest absolute Gasteiger partial charge is 0.251 e. The molecular formula is C26H24N2O5. The minimum absolute atomic E-state index is 0.185. The Morgan fingerprint density at radius 1 is 0.970 bits per heavy atom. The molecule has 4 rings (SSSR count). The molecule has 7 heteroatoms. The summed E-state index contributed by atoms with van der Waals surface area (Å²) in [6.07, 6.45) is 3.05. The Morgan fingerprint density at radius 3 is 2.42 bits per heavy atom. The van der Waals surface area contributed by atoms with Crippen molar-refractivity contribution < 1.29 is 23.8 Å². The Balaban J connectivity index is 1.49. The summed E-state index contributed by atoms with van der Waals surface area (Å²) < 4.78 is 15.8. The monoisotopic (exact) mass is 444 g/mol. The third-order valence-electron chi connectivity index (χ3n) is 5.14. The number of methoxy groups -OCH3 is 1. The number of amides is 2. The predicted octanol–water partition coefficient (Wildman–Crippen LogP) is 4.24. The van der Waals surface area contributed by atoms with Crippen LogP contribution in [0, 0.1) is 6.92 Å². The lowest BCUT2D eigenvalue weighted by Gasteiger charge is -2.18. The molecule has 0 saturated heterocycles. The van der Waals surface area contributed by atoms with Gasteiger partial charge in [-0.25, -0.2) is 0 Å². The molecule has 1 atom stereocenters. The summed E-state index contributed by atoms with van der Waals surface area (Å²) in [7, 11) is 1.58. The first kappa shape index (κ1) is 22.0. The van der Waals surface area contributed by atoms with Crippen molar-refractivity contribution in [3.8, 4) is 17.2 Å². The van der Waals surface area contributed by atoms with Crippen LogP contribution in [0.25, 0.3) is 6.08 Å². The maximum absolute atomic E-state index is 13.1. The van der Waals surface area contributed by atoms with Gasteiger partial charge in [0.15, 0.2) is 11.5 Å². The number of fused-ring (bicyclic) bond motifs is 1. The first-order valence-electron chi connectivity index (χ1n) is 10.4. The molecule has 0 radical (unpaired) electrons. The van der Waals surface area contributed by atoms with Crippen molar-refractivity contribution in [3.05, 3.63) is 89.5 Å². The molecular weight excluding hydrogens is 420 g/mol. The van der Waals surface area contributed by atoms with E-state index in [-0.39, 0.29) is 12.7 Å². The Bertz CT molecular complexity index is 1170. The van der Waals surface area contributed by atoms with Gasteiger partial charge >= 0.3 is 0 Å². The Labute approximate surface area is 192 Å². The molecule has 0 aliphatic carbocycles. The van der Waals surface area contributed by atoms with Gasteiger partial charge in [-0.15, -0.1) is 0 Å². The average Bonchev–Trinajstić information content (AvgIpc) is 3.30. The molecule has 7 nitrogen and oxygen atoms in total. The number of carbonyl (C=O) groups is 2. The van der Waals surface area contributed by atoms with E-state index < -0.39 is 11.9 Å². The van der Waals surface area contributed by atoms with Crippen LogP contribution in [0.4, 0.5) is 5.69 Å². The molecule has 0 aromatic heterocycles. The van der Waals surface area contributed by atoms with Crippen LogP contribution in [-0.4, -0.2) is 25.7 Å². The molecule has 33 heavy (non-hydrogen) atoms. The van der Waals surface area contributed by atoms with Gasteiger partial charge in [0, 0.05) is 11.8 Å². The lowest BCUT2D eigenvalue weighted by Crippen LogP contribution is -2.36. The fraction of sp³-hybridized carbons (Fsp3) is 0.154. The summed E-state index contributed by atoms with van der Waals surface area (Å²) in [5, 5.41) is 5.65. The SMILES string of the molecule is COc1ccc(NC(=O)[C@@H](NC(=O)/C=C/c2ccc3c(c2)OCO3)c2ccc(C)cc2)cc1. The van der Waals surface area contributed by atoms with E-state index in [4.69, 9.17) is 14.2 Å². The molecule has 168 valence electrons. The molecule has 1 aliphatic heterocycles. The van der Waals surface area contributed by atoms with Crippen LogP contribution in [-0.2, 0) is 9.59 Å². The minimum Gasteiger partial charge on any atom is -0.497 e. The summed E-state index contributed by atoms with van der Waals surface area (Å²) in [6.45, 7) is 2.15. The molecule has 0 bridgehead atoms. The number of carbonyl (C=O) groups excluding carboxylic acids is 2. The number of rotatable bonds is 7. The van der Waals surface area contributed by atoms with Gasteiger partial charge in [-0.2, -0.15) is 0 Å². The zero-order valence-electron chi connectivity index (χ0n) is 18.3. The summed E-state index contributed by atoms with van der Waals surface area (Å²) in [5.41, 5.74) is 3.12. The van der Waals surface area contributed by atoms with Gasteiger partial charge in [0.1, 0.15) is 11.8 Å². The molecule has 0 spiro atoms. The number of benzene rings is 3. The second-order valence-corrected chi connectivity index (χ2v) is 7.52. The molecule has 0 fully saturated rings. The van der Waals surface area contributed by atoms with Gasteiger partial charge in [-0.3, -0.25) is 9.59 Å². The number of hydrogen-bond donors (Lipinski definition) is 2. The summed E-state index contributed by atoms with van der Waals surface area (Å²) in [6, 6.07) is 19.0. The third-order valence-corrected chi connectivity index (χ3v) is 5.14. The number of nitrogens with one attached hydrogen (secondary N) is 2. The van der Waals surface area contributed by atoms with Gasteiger partial charge in [-0.05, 0) is 60.5 Å². The van der Waals surface area contributed by atoms with E-state index in [1.807, 2.05) is 37.3 Å². The minimum atomic E-state index is -0.874. The Kier molecular flexibility index (Phi) is 6.59. The van der Waals surface area contributed by atoms with Gasteiger partial charge in [-0.1, -0.05) is 35.9 Å². The van der Waals surface area contributed by atoms with E-state index in [0.717, 1.165) is 11.1 Å². The van der Waals surface area contributed by atoms with E-state index in [9.17, 15) is 9.59 Å². The number of anilines is 1. The van der Waals surface area contributed by atoms with E-state index >= 15 is 0 Å². The zero-order valence-corrected chi connectivity index (χ0v) is 18.3. The van der Waals surface area contributed by atoms with Crippen molar-refractivity contribution in [1.82, 2.24) is 5.32 Å². The van der Waals surface area contributed by atoms with Gasteiger partial charge in [0.05, 0.1) is 7.11 Å². The molecule has 0 saturated carbocycles. The van der Waals surface area contributed by atoms with Crippen LogP contribution in [0.3, 0.4) is 0 Å². The van der Waals surface area contributed by atoms with Crippen molar-refractivity contribution in [1.29, 1.82) is 0 Å². The summed E-state index contributed by atoms with van der Waals surface area (Å²) >= 11 is 0. The highest BCUT2D eigenvalue weighted by Gasteiger charge is 2.22. The third kappa shape index (κ3) is 5.51. The first-order chi connectivity index (χ1) is 16.0. The number of ether oxygens (including phenoxy) is 3. The van der Waals surface area contributed by atoms with Crippen LogP contribution >= 0.6 is 0 Å². The van der Waals surface area contributed by atoms with E-state index in [1.165, 1.54) is 6.08 Å². The van der Waals surface area contributed by atoms with Gasteiger partial charge < -0.3 is 24.8 Å². The fourth-order valence-corrected chi connectivity index (χ4v) is 3.33. The first-order valence-corrected chi connectivity index (χ1v) is 10.4. The lowest BCUT2D eigenvalue weighted by molar-refractivity contribution is -0.123. The van der Waals surface area contributed by atoms with Crippen molar-refractivity contribution in [2.45, 2.75) is 13.0 Å². The van der Waals surface area contributed by atoms with Crippen molar-refractivity contribution in [2.75, 3.05) is 19.2 Å². The molecule has 2 N–H and O–H groups in total. The van der Waals surface area contributed by atoms with Crippen molar-refractivity contribution in [2.24, 2.45) is 0 Å². The molecule has 0 unspecified atom stereocenters. The van der Waals surface area contributed by atoms with Crippen LogP contribution in [0.15, 0.2) is 72.8 Å². The van der Waals surface area contributed by atoms with Crippen LogP contribution in [0.5, 0.6) is 17.2 Å². The highest BCUT2D eigenvalue weighted by atomic mass is 16.7. The van der Waals surface area contributed by atoms with Crippen molar-refractivity contribution in [3.63, 3.8) is 0 Å².